The lowest BCUT2D eigenvalue weighted by molar-refractivity contribution is -0.139. The number of hydrogen-bond acceptors (Lipinski definition) is 6. The molecule has 4 heterocycles. The maximum atomic E-state index is 12.3. The first-order valence-corrected chi connectivity index (χ1v) is 12.5. The zero-order valence-corrected chi connectivity index (χ0v) is 20.9. The first-order chi connectivity index (χ1) is 17.5. The van der Waals surface area contributed by atoms with E-state index in [2.05, 4.69) is 33.3 Å². The SMILES string of the molecule is COc1cc2[nH]nc(-c3ccc(CN4CCN(C)C(=O)C4C)nc3)c2nc1-c1cccc2c1CCC2. The number of aryl methyl sites for hydroxylation is 1. The monoisotopic (exact) mass is 482 g/mol. The van der Waals surface area contributed by atoms with E-state index in [1.807, 2.05) is 38.4 Å². The number of likely N-dealkylation sites (N-methyl/N-ethyl adjacent to an activating group) is 1. The number of amides is 1. The Morgan fingerprint density at radius 2 is 2.03 bits per heavy atom. The van der Waals surface area contributed by atoms with Gasteiger partial charge < -0.3 is 9.64 Å². The molecule has 1 atom stereocenters. The molecule has 3 aromatic heterocycles. The van der Waals surface area contributed by atoms with Crippen LogP contribution in [0.3, 0.4) is 0 Å². The van der Waals surface area contributed by atoms with Crippen LogP contribution in [0.2, 0.25) is 0 Å². The van der Waals surface area contributed by atoms with Crippen molar-refractivity contribution in [3.8, 4) is 28.3 Å². The number of H-pyrrole nitrogens is 1. The molecule has 1 saturated heterocycles. The Morgan fingerprint density at radius 3 is 2.83 bits per heavy atom. The van der Waals surface area contributed by atoms with E-state index in [1.165, 1.54) is 17.5 Å². The fourth-order valence-electron chi connectivity index (χ4n) is 5.46. The van der Waals surface area contributed by atoms with Gasteiger partial charge in [0.05, 0.1) is 24.4 Å². The highest BCUT2D eigenvalue weighted by atomic mass is 16.5. The van der Waals surface area contributed by atoms with Gasteiger partial charge in [0, 0.05) is 50.1 Å². The van der Waals surface area contributed by atoms with Crippen LogP contribution in [0.4, 0.5) is 0 Å². The second-order valence-corrected chi connectivity index (χ2v) is 9.75. The molecule has 1 aliphatic heterocycles. The predicted octanol–water partition coefficient (Wildman–Crippen LogP) is 3.85. The smallest absolute Gasteiger partial charge is 0.239 e. The fraction of sp³-hybridized carbons (Fsp3) is 0.357. The molecule has 4 aromatic rings. The minimum Gasteiger partial charge on any atom is -0.494 e. The van der Waals surface area contributed by atoms with Gasteiger partial charge in [0.15, 0.2) is 0 Å². The van der Waals surface area contributed by atoms with Crippen molar-refractivity contribution >= 4 is 16.9 Å². The highest BCUT2D eigenvalue weighted by molar-refractivity contribution is 5.93. The molecule has 1 fully saturated rings. The molecule has 2 aliphatic rings. The topological polar surface area (TPSA) is 87.2 Å². The van der Waals surface area contributed by atoms with Crippen molar-refractivity contribution in [3.63, 3.8) is 0 Å². The van der Waals surface area contributed by atoms with Crippen molar-refractivity contribution in [2.75, 3.05) is 27.2 Å². The number of benzene rings is 1. The van der Waals surface area contributed by atoms with Gasteiger partial charge in [-0.05, 0) is 49.4 Å². The maximum Gasteiger partial charge on any atom is 0.239 e. The molecule has 0 radical (unpaired) electrons. The molecule has 1 amide bonds. The van der Waals surface area contributed by atoms with Gasteiger partial charge in [0.25, 0.3) is 0 Å². The van der Waals surface area contributed by atoms with Crippen LogP contribution in [-0.2, 0) is 24.2 Å². The quantitative estimate of drug-likeness (QED) is 0.465. The Morgan fingerprint density at radius 1 is 1.14 bits per heavy atom. The Balaban J connectivity index is 1.33. The van der Waals surface area contributed by atoms with Gasteiger partial charge in [-0.25, -0.2) is 4.98 Å². The summed E-state index contributed by atoms with van der Waals surface area (Å²) in [5.41, 5.74) is 8.98. The zero-order valence-electron chi connectivity index (χ0n) is 20.9. The van der Waals surface area contributed by atoms with E-state index in [9.17, 15) is 4.79 Å². The normalized spacial score (nSPS) is 18.1. The molecule has 0 spiro atoms. The van der Waals surface area contributed by atoms with Gasteiger partial charge in [-0.1, -0.05) is 18.2 Å². The van der Waals surface area contributed by atoms with Crippen molar-refractivity contribution < 1.29 is 9.53 Å². The van der Waals surface area contributed by atoms with Crippen LogP contribution in [0.1, 0.15) is 30.2 Å². The molecule has 0 bridgehead atoms. The number of aromatic amines is 1. The summed E-state index contributed by atoms with van der Waals surface area (Å²) in [5, 5.41) is 7.70. The van der Waals surface area contributed by atoms with E-state index in [1.54, 1.807) is 12.0 Å². The molecule has 6 rings (SSSR count). The van der Waals surface area contributed by atoms with Crippen LogP contribution in [0, 0.1) is 0 Å². The highest BCUT2D eigenvalue weighted by Crippen LogP contribution is 2.38. The molecule has 184 valence electrons. The van der Waals surface area contributed by atoms with Gasteiger partial charge in [-0.3, -0.25) is 19.8 Å². The van der Waals surface area contributed by atoms with Crippen LogP contribution >= 0.6 is 0 Å². The number of nitrogens with one attached hydrogen (secondary N) is 1. The van der Waals surface area contributed by atoms with E-state index < -0.39 is 0 Å². The van der Waals surface area contributed by atoms with E-state index in [-0.39, 0.29) is 11.9 Å². The number of aromatic nitrogens is 4. The zero-order chi connectivity index (χ0) is 24.8. The van der Waals surface area contributed by atoms with Crippen molar-refractivity contribution in [2.45, 2.75) is 38.8 Å². The van der Waals surface area contributed by atoms with Crippen molar-refractivity contribution in [1.82, 2.24) is 30.0 Å². The van der Waals surface area contributed by atoms with Gasteiger partial charge in [0.2, 0.25) is 5.91 Å². The van der Waals surface area contributed by atoms with Gasteiger partial charge >= 0.3 is 0 Å². The molecule has 1 aliphatic carbocycles. The molecule has 8 heteroatoms. The Bertz CT molecular complexity index is 1440. The number of ether oxygens (including phenoxy) is 1. The summed E-state index contributed by atoms with van der Waals surface area (Å²) in [5.74, 6) is 0.893. The van der Waals surface area contributed by atoms with Crippen LogP contribution in [-0.4, -0.2) is 69.2 Å². The third kappa shape index (κ3) is 3.82. The van der Waals surface area contributed by atoms with Crippen LogP contribution < -0.4 is 4.74 Å². The maximum absolute atomic E-state index is 12.3. The summed E-state index contributed by atoms with van der Waals surface area (Å²) in [6.45, 7) is 4.18. The lowest BCUT2D eigenvalue weighted by Gasteiger charge is -2.37. The molecular formula is C28H30N6O2. The third-order valence-corrected chi connectivity index (χ3v) is 7.59. The number of hydrogen-bond donors (Lipinski definition) is 1. The first-order valence-electron chi connectivity index (χ1n) is 12.5. The number of pyridine rings is 2. The standard InChI is InChI=1S/C28H30N6O2/c1-17-28(35)33(2)12-13-34(17)16-20-11-10-19(15-29-20)25-27-23(31-32-25)14-24(36-3)26(30-27)22-9-5-7-18-6-4-8-21(18)22/h5,7,9-11,14-15,17H,4,6,8,12-13,16H2,1-3H3,(H,31,32). The number of methoxy groups -OCH3 is 1. The van der Waals surface area contributed by atoms with Crippen molar-refractivity contribution in [1.29, 1.82) is 0 Å². The minimum atomic E-state index is -0.141. The largest absolute Gasteiger partial charge is 0.494 e. The summed E-state index contributed by atoms with van der Waals surface area (Å²) in [6, 6.07) is 12.4. The third-order valence-electron chi connectivity index (χ3n) is 7.59. The van der Waals surface area contributed by atoms with Gasteiger partial charge in [0.1, 0.15) is 22.7 Å². The Hall–Kier alpha value is -3.78. The molecular weight excluding hydrogens is 452 g/mol. The van der Waals surface area contributed by atoms with Crippen LogP contribution in [0.15, 0.2) is 42.6 Å². The van der Waals surface area contributed by atoms with E-state index in [4.69, 9.17) is 14.7 Å². The Labute approximate surface area is 210 Å². The fourth-order valence-corrected chi connectivity index (χ4v) is 5.46. The molecule has 1 unspecified atom stereocenters. The summed E-state index contributed by atoms with van der Waals surface area (Å²) >= 11 is 0. The molecule has 1 N–H and O–H groups in total. The second-order valence-electron chi connectivity index (χ2n) is 9.75. The number of carbonyl (C=O) groups excluding carboxylic acids is 1. The predicted molar refractivity (Wildman–Crippen MR) is 139 cm³/mol. The summed E-state index contributed by atoms with van der Waals surface area (Å²) in [6.07, 6.45) is 5.20. The van der Waals surface area contributed by atoms with E-state index >= 15 is 0 Å². The lowest BCUT2D eigenvalue weighted by Crippen LogP contribution is -2.53. The van der Waals surface area contributed by atoms with Gasteiger partial charge in [-0.2, -0.15) is 5.10 Å². The van der Waals surface area contributed by atoms with Crippen molar-refractivity contribution in [3.05, 3.63) is 59.4 Å². The first kappa shape index (κ1) is 22.7. The number of piperazine rings is 1. The average molecular weight is 483 g/mol. The van der Waals surface area contributed by atoms with Crippen LogP contribution in [0.5, 0.6) is 5.75 Å². The average Bonchev–Trinajstić information content (AvgIpc) is 3.55. The van der Waals surface area contributed by atoms with E-state index in [0.29, 0.717) is 6.54 Å². The molecule has 1 aromatic carbocycles. The number of fused-ring (bicyclic) bond motifs is 2. The number of nitrogens with zero attached hydrogens (tertiary/aromatic N) is 5. The number of rotatable bonds is 5. The molecule has 8 nitrogen and oxygen atoms in total. The Kier molecular flexibility index (Phi) is 5.68. The summed E-state index contributed by atoms with van der Waals surface area (Å²) in [7, 11) is 3.54. The molecule has 36 heavy (non-hydrogen) atoms. The van der Waals surface area contributed by atoms with Crippen LogP contribution in [0.25, 0.3) is 33.5 Å². The van der Waals surface area contributed by atoms with Gasteiger partial charge in [-0.15, -0.1) is 0 Å². The minimum absolute atomic E-state index is 0.141. The summed E-state index contributed by atoms with van der Waals surface area (Å²) < 4.78 is 5.74. The molecule has 0 saturated carbocycles. The lowest BCUT2D eigenvalue weighted by atomic mass is 9.99. The summed E-state index contributed by atoms with van der Waals surface area (Å²) in [4.78, 5) is 26.1. The van der Waals surface area contributed by atoms with E-state index in [0.717, 1.165) is 70.9 Å². The second kappa shape index (κ2) is 9.02. The highest BCUT2D eigenvalue weighted by Gasteiger charge is 2.29. The number of carbonyl (C=O) groups is 1. The van der Waals surface area contributed by atoms with Crippen molar-refractivity contribution in [2.24, 2.45) is 0 Å².